The van der Waals surface area contributed by atoms with Crippen molar-refractivity contribution in [2.45, 2.75) is 50.5 Å². The molecule has 1 rings (SSSR count). The zero-order valence-corrected chi connectivity index (χ0v) is 16.4. The molecule has 0 radical (unpaired) electrons. The van der Waals surface area contributed by atoms with Gasteiger partial charge in [-0.2, -0.15) is 0 Å². The van der Waals surface area contributed by atoms with Gasteiger partial charge in [-0.15, -0.1) is 0 Å². The second-order valence-corrected chi connectivity index (χ2v) is 7.21. The van der Waals surface area contributed by atoms with Gasteiger partial charge in [-0.3, -0.25) is 0 Å². The van der Waals surface area contributed by atoms with Crippen LogP contribution in [0.3, 0.4) is 0 Å². The molecule has 0 aliphatic carbocycles. The Morgan fingerprint density at radius 1 is 1.23 bits per heavy atom. The van der Waals surface area contributed by atoms with Crippen LogP contribution in [0.1, 0.15) is 39.5 Å². The number of rotatable bonds is 10. The van der Waals surface area contributed by atoms with E-state index in [0.717, 1.165) is 6.42 Å². The van der Waals surface area contributed by atoms with E-state index < -0.39 is 22.0 Å². The Morgan fingerprint density at radius 2 is 1.88 bits per heavy atom. The lowest BCUT2D eigenvalue weighted by atomic mass is 10.1. The number of alkyl carbamates (subject to hydrolysis) is 1. The zero-order valence-electron chi connectivity index (χ0n) is 15.6. The van der Waals surface area contributed by atoms with Gasteiger partial charge in [-0.1, -0.05) is 43.6 Å². The molecule has 0 heterocycles. The van der Waals surface area contributed by atoms with E-state index in [2.05, 4.69) is 15.3 Å². The van der Waals surface area contributed by atoms with Crippen LogP contribution in [0.15, 0.2) is 40.3 Å². The summed E-state index contributed by atoms with van der Waals surface area (Å²) in [5.41, 5.74) is 8.20. The van der Waals surface area contributed by atoms with Crippen molar-refractivity contribution in [1.82, 2.24) is 5.32 Å². The fourth-order valence-corrected chi connectivity index (χ4v) is 3.62. The van der Waals surface area contributed by atoms with E-state index in [0.29, 0.717) is 25.8 Å². The van der Waals surface area contributed by atoms with Gasteiger partial charge in [-0.05, 0) is 36.9 Å². The lowest BCUT2D eigenvalue weighted by molar-refractivity contribution is 0.104. The monoisotopic (exact) mass is 384 g/mol. The first-order valence-corrected chi connectivity index (χ1v) is 10.3. The van der Waals surface area contributed by atoms with Gasteiger partial charge < -0.3 is 10.1 Å². The minimum absolute atomic E-state index is 0.207. The Morgan fingerprint density at radius 3 is 2.46 bits per heavy atom. The molecule has 146 valence electrons. The molecule has 1 aromatic rings. The van der Waals surface area contributed by atoms with Gasteiger partial charge in [0.25, 0.3) is 0 Å². The van der Waals surface area contributed by atoms with Crippen molar-refractivity contribution in [1.29, 1.82) is 0 Å². The summed E-state index contributed by atoms with van der Waals surface area (Å²) in [6.45, 7) is 4.40. The van der Waals surface area contributed by atoms with Crippen LogP contribution < -0.4 is 5.32 Å². The topological polar surface area (TPSA) is 121 Å². The summed E-state index contributed by atoms with van der Waals surface area (Å²) in [5, 5.41) is 5.77. The number of sulfone groups is 1. The number of benzene rings is 1. The molecule has 0 aliphatic heterocycles. The van der Waals surface area contributed by atoms with Gasteiger partial charge in [0.1, 0.15) is 6.10 Å². The second kappa shape index (κ2) is 14.0. The quantitative estimate of drug-likeness (QED) is 0.282. The van der Waals surface area contributed by atoms with Gasteiger partial charge in [0.15, 0.2) is 9.84 Å². The van der Waals surface area contributed by atoms with E-state index in [9.17, 15) is 13.2 Å². The van der Waals surface area contributed by atoms with E-state index in [-0.39, 0.29) is 10.6 Å². The Balaban J connectivity index is 0.00000301. The molecule has 0 saturated heterocycles. The first kappa shape index (κ1) is 23.8. The number of ether oxygens (including phenoxy) is 1. The van der Waals surface area contributed by atoms with Crippen LogP contribution in [-0.4, -0.2) is 40.0 Å². The minimum Gasteiger partial charge on any atom is -0.445 e. The smallest absolute Gasteiger partial charge is 0.407 e. The molecule has 1 atom stereocenters. The molecule has 1 unspecified atom stereocenters. The van der Waals surface area contributed by atoms with Crippen molar-refractivity contribution in [2.75, 3.05) is 19.3 Å². The summed E-state index contributed by atoms with van der Waals surface area (Å²) in [4.78, 5) is 14.3. The average molecular weight is 385 g/mol. The first-order valence-electron chi connectivity index (χ1n) is 8.66. The number of azide groups is 1. The predicted octanol–water partition coefficient (Wildman–Crippen LogP) is 4.08. The van der Waals surface area contributed by atoms with Crippen LogP contribution in [0.2, 0.25) is 0 Å². The van der Waals surface area contributed by atoms with Crippen molar-refractivity contribution >= 4 is 15.9 Å². The highest BCUT2D eigenvalue weighted by atomic mass is 32.2. The summed E-state index contributed by atoms with van der Waals surface area (Å²) in [5.74, 6) is -0.263. The van der Waals surface area contributed by atoms with Crippen molar-refractivity contribution < 1.29 is 17.9 Å². The summed E-state index contributed by atoms with van der Waals surface area (Å²) in [7, 11) is -2.11. The number of hydrogen-bond donors (Lipinski definition) is 1. The highest BCUT2D eigenvalue weighted by Gasteiger charge is 2.23. The standard InChI is InChI=1S/C15H22N4O4S.C2H6/c1-17-15(20)23-13(8-4-3-7-11-18-19-16)12-24(21,22)14-9-5-2-6-10-14;1-2/h2,5-6,9-10,13H,3-4,7-8,11-12H2,1H3,(H,17,20);1-2H3. The Hall–Kier alpha value is -2.25. The van der Waals surface area contributed by atoms with Crippen molar-refractivity contribution in [3.63, 3.8) is 0 Å². The van der Waals surface area contributed by atoms with Crippen LogP contribution in [-0.2, 0) is 14.6 Å². The fraction of sp³-hybridized carbons (Fsp3) is 0.588. The van der Waals surface area contributed by atoms with Gasteiger partial charge in [0, 0.05) is 18.5 Å². The van der Waals surface area contributed by atoms with Crippen LogP contribution in [0.25, 0.3) is 10.4 Å². The lowest BCUT2D eigenvalue weighted by Crippen LogP contribution is -2.31. The number of nitrogens with zero attached hydrogens (tertiary/aromatic N) is 3. The molecule has 1 amide bonds. The summed E-state index contributed by atoms with van der Waals surface area (Å²) < 4.78 is 30.0. The lowest BCUT2D eigenvalue weighted by Gasteiger charge is -2.17. The highest BCUT2D eigenvalue weighted by Crippen LogP contribution is 2.16. The summed E-state index contributed by atoms with van der Waals surface area (Å²) in [6.07, 6.45) is 1.19. The van der Waals surface area contributed by atoms with Crippen LogP contribution in [0.5, 0.6) is 0 Å². The Kier molecular flexibility index (Phi) is 12.8. The van der Waals surface area contributed by atoms with Gasteiger partial charge >= 0.3 is 6.09 Å². The normalized spacial score (nSPS) is 11.3. The van der Waals surface area contributed by atoms with E-state index in [1.165, 1.54) is 19.2 Å². The van der Waals surface area contributed by atoms with Crippen LogP contribution in [0.4, 0.5) is 4.79 Å². The van der Waals surface area contributed by atoms with E-state index in [1.54, 1.807) is 18.2 Å². The molecule has 9 heteroatoms. The molecule has 0 bridgehead atoms. The average Bonchev–Trinajstić information content (AvgIpc) is 2.66. The maximum atomic E-state index is 12.4. The number of hydrogen-bond acceptors (Lipinski definition) is 5. The maximum Gasteiger partial charge on any atom is 0.407 e. The molecular formula is C17H28N4O4S. The Bertz CT molecular complexity index is 659. The number of carbonyl (C=O) groups is 1. The fourth-order valence-electron chi connectivity index (χ4n) is 2.13. The van der Waals surface area contributed by atoms with Crippen molar-refractivity contribution in [2.24, 2.45) is 5.11 Å². The zero-order chi connectivity index (χ0) is 19.8. The van der Waals surface area contributed by atoms with Gasteiger partial charge in [-0.25, -0.2) is 13.2 Å². The molecule has 1 aromatic carbocycles. The highest BCUT2D eigenvalue weighted by molar-refractivity contribution is 7.91. The molecule has 0 aliphatic rings. The number of amides is 1. The minimum atomic E-state index is -3.54. The van der Waals surface area contributed by atoms with Gasteiger partial charge in [0.2, 0.25) is 0 Å². The maximum absolute atomic E-state index is 12.4. The summed E-state index contributed by atoms with van der Waals surface area (Å²) >= 11 is 0. The first-order chi connectivity index (χ1) is 12.5. The van der Waals surface area contributed by atoms with Gasteiger partial charge in [0.05, 0.1) is 10.6 Å². The third-order valence-electron chi connectivity index (χ3n) is 3.33. The number of unbranched alkanes of at least 4 members (excludes halogenated alkanes) is 2. The van der Waals surface area contributed by atoms with Crippen molar-refractivity contribution in [3.8, 4) is 0 Å². The summed E-state index contributed by atoms with van der Waals surface area (Å²) in [6, 6.07) is 8.08. The largest absolute Gasteiger partial charge is 0.445 e. The third kappa shape index (κ3) is 9.90. The third-order valence-corrected chi connectivity index (χ3v) is 5.13. The number of carbonyl (C=O) groups excluding carboxylic acids is 1. The molecule has 1 N–H and O–H groups in total. The van der Waals surface area contributed by atoms with E-state index in [4.69, 9.17) is 10.3 Å². The van der Waals surface area contributed by atoms with E-state index in [1.807, 2.05) is 13.8 Å². The SMILES string of the molecule is CC.CNC(=O)OC(CCCCCN=[N+]=[N-])CS(=O)(=O)c1ccccc1. The predicted molar refractivity (Wildman–Crippen MR) is 102 cm³/mol. The van der Waals surface area contributed by atoms with Crippen LogP contribution in [0, 0.1) is 0 Å². The second-order valence-electron chi connectivity index (χ2n) is 5.18. The molecule has 0 aromatic heterocycles. The van der Waals surface area contributed by atoms with Crippen LogP contribution >= 0.6 is 0 Å². The molecule has 0 spiro atoms. The molecule has 0 fully saturated rings. The molecule has 8 nitrogen and oxygen atoms in total. The molecule has 0 saturated carbocycles. The van der Waals surface area contributed by atoms with Crippen molar-refractivity contribution in [3.05, 3.63) is 40.8 Å². The molecule has 26 heavy (non-hydrogen) atoms. The molecular weight excluding hydrogens is 356 g/mol. The number of nitrogens with one attached hydrogen (secondary N) is 1. The van der Waals surface area contributed by atoms with E-state index >= 15 is 0 Å². The Labute approximate surface area is 155 Å².